The van der Waals surface area contributed by atoms with Gasteiger partial charge in [0.05, 0.1) is 28.4 Å². The highest BCUT2D eigenvalue weighted by molar-refractivity contribution is 6.33. The Hall–Kier alpha value is -2.28. The maximum Gasteiger partial charge on any atom is 0.220 e. The minimum atomic E-state index is 0.0944. The first kappa shape index (κ1) is 23.4. The van der Waals surface area contributed by atoms with Gasteiger partial charge in [0, 0.05) is 45.1 Å². The molecule has 2 aliphatic rings. The van der Waals surface area contributed by atoms with Gasteiger partial charge >= 0.3 is 0 Å². The second-order valence-electron chi connectivity index (χ2n) is 8.69. The summed E-state index contributed by atoms with van der Waals surface area (Å²) in [5.74, 6) is 0.837. The van der Waals surface area contributed by atoms with Crippen LogP contribution in [0.2, 0.25) is 5.02 Å². The van der Waals surface area contributed by atoms with Crippen molar-refractivity contribution in [3.8, 4) is 12.1 Å². The van der Waals surface area contributed by atoms with Crippen LogP contribution in [0.15, 0.2) is 18.2 Å². The predicted molar refractivity (Wildman–Crippen MR) is 123 cm³/mol. The highest BCUT2D eigenvalue weighted by Crippen LogP contribution is 2.29. The predicted octanol–water partition coefficient (Wildman–Crippen LogP) is 4.09. The fourth-order valence-corrected chi connectivity index (χ4v) is 4.86. The molecule has 1 saturated carbocycles. The highest BCUT2D eigenvalue weighted by Gasteiger charge is 2.24. The van der Waals surface area contributed by atoms with E-state index >= 15 is 0 Å². The van der Waals surface area contributed by atoms with Crippen LogP contribution < -0.4 is 10.2 Å². The second kappa shape index (κ2) is 11.9. The molecule has 7 heteroatoms. The quantitative estimate of drug-likeness (QED) is 0.614. The number of nitrogens with one attached hydrogen (secondary N) is 1. The van der Waals surface area contributed by atoms with Gasteiger partial charge in [0.1, 0.15) is 0 Å². The monoisotopic (exact) mass is 441 g/mol. The zero-order valence-electron chi connectivity index (χ0n) is 18.2. The van der Waals surface area contributed by atoms with Gasteiger partial charge in [0.2, 0.25) is 5.91 Å². The molecule has 6 nitrogen and oxygen atoms in total. The molecule has 0 unspecified atom stereocenters. The van der Waals surface area contributed by atoms with E-state index in [2.05, 4.69) is 27.3 Å². The minimum absolute atomic E-state index is 0.0944. The number of piperazine rings is 1. The lowest BCUT2D eigenvalue weighted by Gasteiger charge is -2.37. The van der Waals surface area contributed by atoms with Gasteiger partial charge in [0.25, 0.3) is 0 Å². The first-order valence-electron chi connectivity index (χ1n) is 11.4. The molecule has 1 amide bonds. The van der Waals surface area contributed by atoms with Gasteiger partial charge in [-0.2, -0.15) is 10.5 Å². The van der Waals surface area contributed by atoms with Crippen LogP contribution in [-0.2, 0) is 4.79 Å². The number of halogens is 1. The molecule has 0 radical (unpaired) electrons. The smallest absolute Gasteiger partial charge is 0.220 e. The standard InChI is InChI=1S/C24H32ClN5O/c25-22-9-6-20(18-27)17-23(22)30-15-13-29(14-16-30)12-10-19-4-7-21(8-5-19)28-24(31)3-1-2-11-26/h6,9,17,19,21H,1-5,7-8,10,12-16H2,(H,28,31)/t19-,21-. The Balaban J connectivity index is 1.33. The second-order valence-corrected chi connectivity index (χ2v) is 9.10. The van der Waals surface area contributed by atoms with Gasteiger partial charge in [-0.1, -0.05) is 11.6 Å². The number of carbonyl (C=O) groups excluding carboxylic acids is 1. The van der Waals surface area contributed by atoms with Gasteiger partial charge in [0.15, 0.2) is 0 Å². The van der Waals surface area contributed by atoms with Crippen LogP contribution in [0.4, 0.5) is 5.69 Å². The fourth-order valence-electron chi connectivity index (χ4n) is 4.63. The average Bonchev–Trinajstić information content (AvgIpc) is 2.79. The van der Waals surface area contributed by atoms with Crippen molar-refractivity contribution < 1.29 is 4.79 Å². The van der Waals surface area contributed by atoms with E-state index in [1.165, 1.54) is 19.3 Å². The molecule has 1 aromatic rings. The van der Waals surface area contributed by atoms with E-state index in [4.69, 9.17) is 22.1 Å². The third-order valence-corrected chi connectivity index (χ3v) is 6.87. The molecular weight excluding hydrogens is 410 g/mol. The third kappa shape index (κ3) is 7.13. The van der Waals surface area contributed by atoms with E-state index < -0.39 is 0 Å². The lowest BCUT2D eigenvalue weighted by Crippen LogP contribution is -2.47. The van der Waals surface area contributed by atoms with Gasteiger partial charge < -0.3 is 10.2 Å². The summed E-state index contributed by atoms with van der Waals surface area (Å²) in [6, 6.07) is 10.1. The molecule has 166 valence electrons. The van der Waals surface area contributed by atoms with E-state index in [9.17, 15) is 4.79 Å². The van der Waals surface area contributed by atoms with E-state index in [0.717, 1.165) is 57.2 Å². The van der Waals surface area contributed by atoms with Crippen molar-refractivity contribution in [3.63, 3.8) is 0 Å². The van der Waals surface area contributed by atoms with Crippen molar-refractivity contribution in [2.75, 3.05) is 37.6 Å². The molecular formula is C24H32ClN5O. The highest BCUT2D eigenvalue weighted by atomic mass is 35.5. The van der Waals surface area contributed by atoms with Crippen LogP contribution in [0, 0.1) is 28.6 Å². The van der Waals surface area contributed by atoms with Gasteiger partial charge in [-0.05, 0) is 69.2 Å². The molecule has 3 rings (SSSR count). The Morgan fingerprint density at radius 3 is 2.55 bits per heavy atom. The Morgan fingerprint density at radius 2 is 1.87 bits per heavy atom. The van der Waals surface area contributed by atoms with Crippen molar-refractivity contribution >= 4 is 23.2 Å². The van der Waals surface area contributed by atoms with Gasteiger partial charge in [-0.15, -0.1) is 0 Å². The number of unbranched alkanes of at least 4 members (excludes halogenated alkanes) is 1. The number of nitrogens with zero attached hydrogens (tertiary/aromatic N) is 4. The average molecular weight is 442 g/mol. The van der Waals surface area contributed by atoms with E-state index in [-0.39, 0.29) is 5.91 Å². The van der Waals surface area contributed by atoms with Crippen molar-refractivity contribution in [1.29, 1.82) is 10.5 Å². The van der Waals surface area contributed by atoms with Gasteiger partial charge in [-0.25, -0.2) is 0 Å². The molecule has 1 aromatic carbocycles. The fraction of sp³-hybridized carbons (Fsp3) is 0.625. The topological polar surface area (TPSA) is 83.2 Å². The molecule has 1 N–H and O–H groups in total. The van der Waals surface area contributed by atoms with Gasteiger partial charge in [-0.3, -0.25) is 9.69 Å². The molecule has 0 spiro atoms. The molecule has 31 heavy (non-hydrogen) atoms. The SMILES string of the molecule is N#CCCCC(=O)N[C@H]1CC[C@H](CCN2CCN(c3cc(C#N)ccc3Cl)CC2)CC1. The summed E-state index contributed by atoms with van der Waals surface area (Å²) < 4.78 is 0. The Morgan fingerprint density at radius 1 is 1.13 bits per heavy atom. The van der Waals surface area contributed by atoms with Crippen LogP contribution in [-0.4, -0.2) is 49.6 Å². The summed E-state index contributed by atoms with van der Waals surface area (Å²) in [4.78, 5) is 16.7. The number of amides is 1. The lowest BCUT2D eigenvalue weighted by atomic mass is 9.84. The summed E-state index contributed by atoms with van der Waals surface area (Å²) >= 11 is 6.36. The molecule has 1 heterocycles. The number of carbonyl (C=O) groups is 1. The van der Waals surface area contributed by atoms with Crippen LogP contribution in [0.25, 0.3) is 0 Å². The largest absolute Gasteiger partial charge is 0.368 e. The van der Waals surface area contributed by atoms with E-state index in [1.54, 1.807) is 6.07 Å². The van der Waals surface area contributed by atoms with Crippen LogP contribution in [0.1, 0.15) is 56.9 Å². The summed E-state index contributed by atoms with van der Waals surface area (Å²) in [6.07, 6.45) is 7.28. The van der Waals surface area contributed by atoms with Crippen molar-refractivity contribution in [3.05, 3.63) is 28.8 Å². The zero-order chi connectivity index (χ0) is 22.1. The van der Waals surface area contributed by atoms with Crippen molar-refractivity contribution in [2.24, 2.45) is 5.92 Å². The number of anilines is 1. The number of hydrogen-bond donors (Lipinski definition) is 1. The third-order valence-electron chi connectivity index (χ3n) is 6.55. The molecule has 0 bridgehead atoms. The Bertz CT molecular complexity index is 814. The molecule has 2 fully saturated rings. The van der Waals surface area contributed by atoms with E-state index in [1.807, 2.05) is 12.1 Å². The normalized spacial score (nSPS) is 21.8. The number of nitriles is 2. The molecule has 0 aromatic heterocycles. The summed E-state index contributed by atoms with van der Waals surface area (Å²) in [5, 5.41) is 21.6. The molecule has 0 atom stereocenters. The van der Waals surface area contributed by atoms with Crippen LogP contribution in [0.3, 0.4) is 0 Å². The number of hydrogen-bond acceptors (Lipinski definition) is 5. The summed E-state index contributed by atoms with van der Waals surface area (Å²) in [7, 11) is 0. The number of rotatable bonds is 8. The molecule has 1 aliphatic heterocycles. The van der Waals surface area contributed by atoms with Crippen LogP contribution >= 0.6 is 11.6 Å². The van der Waals surface area contributed by atoms with Crippen molar-refractivity contribution in [1.82, 2.24) is 10.2 Å². The lowest BCUT2D eigenvalue weighted by molar-refractivity contribution is -0.122. The first-order chi connectivity index (χ1) is 15.1. The minimum Gasteiger partial charge on any atom is -0.368 e. The summed E-state index contributed by atoms with van der Waals surface area (Å²) in [6.45, 7) is 5.01. The van der Waals surface area contributed by atoms with Crippen LogP contribution in [0.5, 0.6) is 0 Å². The maximum atomic E-state index is 11.9. The van der Waals surface area contributed by atoms with E-state index in [0.29, 0.717) is 35.9 Å². The number of benzene rings is 1. The molecule has 1 aliphatic carbocycles. The zero-order valence-corrected chi connectivity index (χ0v) is 18.9. The Kier molecular flexibility index (Phi) is 9.00. The molecule has 1 saturated heterocycles. The maximum absolute atomic E-state index is 11.9. The summed E-state index contributed by atoms with van der Waals surface area (Å²) in [5.41, 5.74) is 1.61. The Labute approximate surface area is 190 Å². The first-order valence-corrected chi connectivity index (χ1v) is 11.8. The van der Waals surface area contributed by atoms with Crippen molar-refractivity contribution in [2.45, 2.75) is 57.4 Å².